The molecule has 2 amide bonds. The van der Waals surface area contributed by atoms with E-state index >= 15 is 0 Å². The minimum Gasteiger partial charge on any atom is -0.497 e. The Kier molecular flexibility index (Phi) is 4.48. The summed E-state index contributed by atoms with van der Waals surface area (Å²) in [5, 5.41) is 3.62. The average molecular weight is 345 g/mol. The molecule has 0 spiro atoms. The van der Waals surface area contributed by atoms with Crippen molar-refractivity contribution in [3.8, 4) is 5.75 Å². The average Bonchev–Trinajstić information content (AvgIpc) is 3.00. The van der Waals surface area contributed by atoms with E-state index in [4.69, 9.17) is 4.74 Å². The van der Waals surface area contributed by atoms with Crippen LogP contribution in [0.3, 0.4) is 0 Å². The van der Waals surface area contributed by atoms with Crippen LogP contribution in [0.5, 0.6) is 5.75 Å². The van der Waals surface area contributed by atoms with Crippen molar-refractivity contribution in [2.75, 3.05) is 26.7 Å². The Labute approximate surface area is 144 Å². The predicted molar refractivity (Wildman–Crippen MR) is 92.2 cm³/mol. The molecule has 1 fully saturated rings. The fourth-order valence-corrected chi connectivity index (χ4v) is 2.95. The van der Waals surface area contributed by atoms with Gasteiger partial charge in [-0.05, 0) is 36.3 Å². The van der Waals surface area contributed by atoms with E-state index in [2.05, 4.69) is 16.9 Å². The van der Waals surface area contributed by atoms with Crippen LogP contribution < -0.4 is 10.1 Å². The highest BCUT2D eigenvalue weighted by Gasteiger charge is 2.51. The maximum atomic E-state index is 14.4. The highest BCUT2D eigenvalue weighted by molar-refractivity contribution is 5.93. The Morgan fingerprint density at radius 1 is 1.48 bits per heavy atom. The van der Waals surface area contributed by atoms with Crippen LogP contribution in [0, 0.1) is 0 Å². The summed E-state index contributed by atoms with van der Waals surface area (Å²) in [6.45, 7) is 3.20. The first-order valence-electron chi connectivity index (χ1n) is 7.99. The van der Waals surface area contributed by atoms with Gasteiger partial charge in [-0.1, -0.05) is 6.58 Å². The van der Waals surface area contributed by atoms with Gasteiger partial charge in [-0.25, -0.2) is 4.39 Å². The summed E-state index contributed by atoms with van der Waals surface area (Å²) in [4.78, 5) is 27.8. The number of hydrogen-bond acceptors (Lipinski definition) is 3. The molecular weight excluding hydrogens is 325 g/mol. The molecule has 6 nitrogen and oxygen atoms in total. The standard InChI is InChI=1S/C18H20FN3O3/c1-3-16(23)22-10-18(19,11-22)17(24)20-7-6-12-9-21-15-5-4-13(25-2)8-14(12)15/h3-5,8-9,21H,1,6-7,10-11H2,2H3,(H,20,24). The van der Waals surface area contributed by atoms with E-state index in [1.165, 1.54) is 4.90 Å². The Morgan fingerprint density at radius 2 is 2.24 bits per heavy atom. The number of fused-ring (bicyclic) bond motifs is 1. The SMILES string of the molecule is C=CC(=O)N1CC(F)(C(=O)NCCc2c[nH]c3ccc(OC)cc23)C1. The summed E-state index contributed by atoms with van der Waals surface area (Å²) in [6.07, 6.45) is 3.54. The number of amides is 2. The van der Waals surface area contributed by atoms with Crippen molar-refractivity contribution >= 4 is 22.7 Å². The van der Waals surface area contributed by atoms with Gasteiger partial charge < -0.3 is 19.9 Å². The lowest BCUT2D eigenvalue weighted by Gasteiger charge is -2.42. The lowest BCUT2D eigenvalue weighted by Crippen LogP contribution is -2.67. The molecule has 0 atom stereocenters. The Bertz CT molecular complexity index is 824. The number of H-pyrrole nitrogens is 1. The number of hydrogen-bond donors (Lipinski definition) is 2. The molecule has 2 N–H and O–H groups in total. The summed E-state index contributed by atoms with van der Waals surface area (Å²) >= 11 is 0. The molecule has 1 saturated heterocycles. The molecule has 1 aliphatic rings. The van der Waals surface area contributed by atoms with Gasteiger partial charge in [0.1, 0.15) is 5.75 Å². The first kappa shape index (κ1) is 17.0. The first-order chi connectivity index (χ1) is 12.0. The molecule has 132 valence electrons. The van der Waals surface area contributed by atoms with E-state index in [1.54, 1.807) is 7.11 Å². The lowest BCUT2D eigenvalue weighted by molar-refractivity contribution is -0.153. The number of benzene rings is 1. The maximum absolute atomic E-state index is 14.4. The lowest BCUT2D eigenvalue weighted by atomic mass is 9.95. The number of rotatable bonds is 6. The molecule has 0 bridgehead atoms. The smallest absolute Gasteiger partial charge is 0.261 e. The summed E-state index contributed by atoms with van der Waals surface area (Å²) in [5.74, 6) is -0.298. The van der Waals surface area contributed by atoms with Crippen molar-refractivity contribution in [1.29, 1.82) is 0 Å². The molecule has 0 radical (unpaired) electrons. The number of alkyl halides is 1. The fraction of sp³-hybridized carbons (Fsp3) is 0.333. The van der Waals surface area contributed by atoms with Crippen molar-refractivity contribution in [1.82, 2.24) is 15.2 Å². The molecular formula is C18H20FN3O3. The highest BCUT2D eigenvalue weighted by atomic mass is 19.1. The third kappa shape index (κ3) is 3.22. The number of nitrogens with one attached hydrogen (secondary N) is 2. The van der Waals surface area contributed by atoms with Crippen LogP contribution in [0.25, 0.3) is 10.9 Å². The number of likely N-dealkylation sites (tertiary alicyclic amines) is 1. The van der Waals surface area contributed by atoms with Crippen LogP contribution in [0.2, 0.25) is 0 Å². The van der Waals surface area contributed by atoms with Gasteiger partial charge in [-0.15, -0.1) is 0 Å². The molecule has 0 saturated carbocycles. The van der Waals surface area contributed by atoms with E-state index < -0.39 is 11.6 Å². The molecule has 1 aromatic carbocycles. The van der Waals surface area contributed by atoms with E-state index in [0.29, 0.717) is 13.0 Å². The van der Waals surface area contributed by atoms with Gasteiger partial charge in [-0.3, -0.25) is 9.59 Å². The van der Waals surface area contributed by atoms with Crippen LogP contribution in [0.15, 0.2) is 37.1 Å². The van der Waals surface area contributed by atoms with Gasteiger partial charge in [-0.2, -0.15) is 0 Å². The highest BCUT2D eigenvalue weighted by Crippen LogP contribution is 2.26. The quantitative estimate of drug-likeness (QED) is 0.781. The number of aromatic amines is 1. The van der Waals surface area contributed by atoms with E-state index in [1.807, 2.05) is 24.4 Å². The first-order valence-corrected chi connectivity index (χ1v) is 7.99. The predicted octanol–water partition coefficient (Wildman–Crippen LogP) is 1.57. The second-order valence-electron chi connectivity index (χ2n) is 6.10. The zero-order valence-corrected chi connectivity index (χ0v) is 14.0. The van der Waals surface area contributed by atoms with Crippen molar-refractivity contribution < 1.29 is 18.7 Å². The second-order valence-corrected chi connectivity index (χ2v) is 6.10. The molecule has 0 aliphatic carbocycles. The number of carbonyl (C=O) groups is 2. The number of aromatic nitrogens is 1. The molecule has 25 heavy (non-hydrogen) atoms. The van der Waals surface area contributed by atoms with Crippen LogP contribution in [-0.2, 0) is 16.0 Å². The molecule has 3 rings (SSSR count). The number of nitrogens with zero attached hydrogens (tertiary/aromatic N) is 1. The van der Waals surface area contributed by atoms with Crippen LogP contribution in [0.4, 0.5) is 4.39 Å². The van der Waals surface area contributed by atoms with E-state index in [0.717, 1.165) is 28.3 Å². The summed E-state index contributed by atoms with van der Waals surface area (Å²) in [5.41, 5.74) is -0.0249. The third-order valence-corrected chi connectivity index (χ3v) is 4.43. The van der Waals surface area contributed by atoms with Gasteiger partial charge >= 0.3 is 0 Å². The summed E-state index contributed by atoms with van der Waals surface area (Å²) in [6, 6.07) is 5.71. The Hall–Kier alpha value is -2.83. The van der Waals surface area contributed by atoms with Gasteiger partial charge in [0.05, 0.1) is 20.2 Å². The largest absolute Gasteiger partial charge is 0.497 e. The van der Waals surface area contributed by atoms with E-state index in [-0.39, 0.29) is 19.0 Å². The van der Waals surface area contributed by atoms with Crippen molar-refractivity contribution in [2.45, 2.75) is 12.1 Å². The minimum atomic E-state index is -2.01. The number of halogens is 1. The van der Waals surface area contributed by atoms with Crippen molar-refractivity contribution in [3.05, 3.63) is 42.6 Å². The third-order valence-electron chi connectivity index (χ3n) is 4.43. The number of ether oxygens (including phenoxy) is 1. The molecule has 1 aliphatic heterocycles. The molecule has 2 heterocycles. The number of methoxy groups -OCH3 is 1. The van der Waals surface area contributed by atoms with Gasteiger partial charge in [0.25, 0.3) is 5.91 Å². The minimum absolute atomic E-state index is 0.228. The number of carbonyl (C=O) groups excluding carboxylic acids is 2. The zero-order chi connectivity index (χ0) is 18.0. The second kappa shape index (κ2) is 6.58. The fourth-order valence-electron chi connectivity index (χ4n) is 2.95. The maximum Gasteiger partial charge on any atom is 0.261 e. The van der Waals surface area contributed by atoms with Gasteiger partial charge in [0.2, 0.25) is 11.6 Å². The Balaban J connectivity index is 1.56. The normalized spacial score (nSPS) is 15.5. The molecule has 2 aromatic rings. The monoisotopic (exact) mass is 345 g/mol. The van der Waals surface area contributed by atoms with E-state index in [9.17, 15) is 14.0 Å². The van der Waals surface area contributed by atoms with Crippen LogP contribution in [-0.4, -0.2) is 54.1 Å². The van der Waals surface area contributed by atoms with Crippen molar-refractivity contribution in [3.63, 3.8) is 0 Å². The van der Waals surface area contributed by atoms with Crippen molar-refractivity contribution in [2.24, 2.45) is 0 Å². The molecule has 0 unspecified atom stereocenters. The van der Waals surface area contributed by atoms with Gasteiger partial charge in [0, 0.05) is 23.6 Å². The summed E-state index contributed by atoms with van der Waals surface area (Å²) in [7, 11) is 1.60. The van der Waals surface area contributed by atoms with Gasteiger partial charge in [0.15, 0.2) is 0 Å². The Morgan fingerprint density at radius 3 is 2.92 bits per heavy atom. The summed E-state index contributed by atoms with van der Waals surface area (Å²) < 4.78 is 19.6. The molecule has 1 aromatic heterocycles. The molecule has 7 heteroatoms. The van der Waals surface area contributed by atoms with Crippen LogP contribution in [0.1, 0.15) is 5.56 Å². The topological polar surface area (TPSA) is 74.4 Å². The van der Waals surface area contributed by atoms with Crippen LogP contribution >= 0.6 is 0 Å². The zero-order valence-electron chi connectivity index (χ0n) is 14.0.